The van der Waals surface area contributed by atoms with Crippen LogP contribution >= 0.6 is 0 Å². The first-order valence-electron chi connectivity index (χ1n) is 11.7. The highest BCUT2D eigenvalue weighted by Crippen LogP contribution is 2.53. The number of benzene rings is 1. The fourth-order valence-corrected chi connectivity index (χ4v) is 6.76. The number of aromatic nitrogens is 2. The molecule has 5 heteroatoms. The number of nitrogens with zero attached hydrogens (tertiary/aromatic N) is 3. The third-order valence-corrected chi connectivity index (χ3v) is 7.80. The van der Waals surface area contributed by atoms with Crippen molar-refractivity contribution in [3.05, 3.63) is 42.1 Å². The fraction of sp³-hybridized carbons (Fsp3) is 0.600. The van der Waals surface area contributed by atoms with E-state index in [-0.39, 0.29) is 5.56 Å². The molecule has 1 N–H and O–H groups in total. The van der Waals surface area contributed by atoms with Crippen LogP contribution in [0.4, 0.5) is 5.82 Å². The zero-order valence-corrected chi connectivity index (χ0v) is 17.9. The summed E-state index contributed by atoms with van der Waals surface area (Å²) < 4.78 is 1.73. The van der Waals surface area contributed by atoms with Crippen molar-refractivity contribution in [2.45, 2.75) is 64.3 Å². The van der Waals surface area contributed by atoms with Crippen LogP contribution in [0.5, 0.6) is 0 Å². The molecule has 4 saturated carbocycles. The maximum Gasteiger partial charge on any atom is 0.341 e. The molecule has 2 heterocycles. The number of carboxylic acids is 1. The molecule has 1 aliphatic heterocycles. The Balaban J connectivity index is 0.000000159. The van der Waals surface area contributed by atoms with Gasteiger partial charge in [-0.2, -0.15) is 5.10 Å². The summed E-state index contributed by atoms with van der Waals surface area (Å²) in [5, 5.41) is 13.7. The Kier molecular flexibility index (Phi) is 5.30. The lowest BCUT2D eigenvalue weighted by molar-refractivity contribution is 0.0198. The highest BCUT2D eigenvalue weighted by molar-refractivity contribution is 5.93. The van der Waals surface area contributed by atoms with E-state index in [0.29, 0.717) is 11.9 Å². The van der Waals surface area contributed by atoms with Gasteiger partial charge in [0.15, 0.2) is 0 Å². The molecule has 1 atom stereocenters. The molecule has 7 rings (SSSR count). The second kappa shape index (κ2) is 8.09. The van der Waals surface area contributed by atoms with Crippen molar-refractivity contribution < 1.29 is 9.90 Å². The number of hydrogen-bond acceptors (Lipinski definition) is 3. The summed E-state index contributed by atoms with van der Waals surface area (Å²) in [6.07, 6.45) is 13.2. The van der Waals surface area contributed by atoms with E-state index in [1.54, 1.807) is 43.2 Å². The molecule has 4 aliphatic carbocycles. The Hall–Kier alpha value is -2.30. The van der Waals surface area contributed by atoms with Gasteiger partial charge in [-0.05, 0) is 94.1 Å². The Labute approximate surface area is 179 Å². The Morgan fingerprint density at radius 3 is 2.00 bits per heavy atom. The second-order valence-electron chi connectivity index (χ2n) is 10.00. The third-order valence-electron chi connectivity index (χ3n) is 7.80. The molecular weight excluding hydrogens is 374 g/mol. The van der Waals surface area contributed by atoms with Crippen LogP contribution in [0.3, 0.4) is 0 Å². The molecule has 160 valence electrons. The molecule has 2 aromatic rings. The van der Waals surface area contributed by atoms with Crippen LogP contribution in [0, 0.1) is 23.7 Å². The number of aromatic carboxylic acids is 1. The summed E-state index contributed by atoms with van der Waals surface area (Å²) in [6, 6.07) is 9.99. The van der Waals surface area contributed by atoms with Crippen molar-refractivity contribution >= 4 is 11.8 Å². The van der Waals surface area contributed by atoms with Gasteiger partial charge in [0.05, 0.1) is 11.9 Å². The smallest absolute Gasteiger partial charge is 0.341 e. The second-order valence-corrected chi connectivity index (χ2v) is 10.00. The van der Waals surface area contributed by atoms with Crippen molar-refractivity contribution in [3.8, 4) is 5.69 Å². The lowest BCUT2D eigenvalue weighted by atomic mass is 9.56. The SMILES string of the molecule is C1C2CC3CC1CC(C2)C3.CC1CCCN1c1c(C(=O)O)cnn1-c1ccccc1. The summed E-state index contributed by atoms with van der Waals surface area (Å²) in [5.41, 5.74) is 1.15. The summed E-state index contributed by atoms with van der Waals surface area (Å²) in [6.45, 7) is 3.00. The topological polar surface area (TPSA) is 58.4 Å². The van der Waals surface area contributed by atoms with Crippen molar-refractivity contribution in [1.82, 2.24) is 9.78 Å². The maximum absolute atomic E-state index is 11.4. The van der Waals surface area contributed by atoms with Crippen molar-refractivity contribution in [2.75, 3.05) is 11.4 Å². The number of para-hydroxylation sites is 1. The number of anilines is 1. The van der Waals surface area contributed by atoms with Crippen LogP contribution in [-0.2, 0) is 0 Å². The van der Waals surface area contributed by atoms with E-state index in [0.717, 1.165) is 25.1 Å². The van der Waals surface area contributed by atoms with E-state index in [9.17, 15) is 9.90 Å². The summed E-state index contributed by atoms with van der Waals surface area (Å²) in [5.74, 6) is 4.47. The Morgan fingerprint density at radius 1 is 0.967 bits per heavy atom. The van der Waals surface area contributed by atoms with Gasteiger partial charge < -0.3 is 10.0 Å². The minimum atomic E-state index is -0.929. The van der Waals surface area contributed by atoms with Gasteiger partial charge in [-0.3, -0.25) is 0 Å². The highest BCUT2D eigenvalue weighted by atomic mass is 16.4. The standard InChI is InChI=1S/C15H17N3O2.C10H16/c1-11-6-5-9-17(11)14-13(15(19)20)10-16-18(14)12-7-3-2-4-8-12;1-7-2-9-4-8(1)5-10(3-7)6-9/h2-4,7-8,10-11H,5-6,9H2,1H3,(H,19,20);7-10H,1-6H2. The Bertz CT molecular complexity index is 835. The monoisotopic (exact) mass is 407 g/mol. The molecule has 30 heavy (non-hydrogen) atoms. The molecule has 1 aromatic heterocycles. The minimum Gasteiger partial charge on any atom is -0.477 e. The van der Waals surface area contributed by atoms with Crippen molar-refractivity contribution in [1.29, 1.82) is 0 Å². The average molecular weight is 408 g/mol. The molecule has 1 saturated heterocycles. The first kappa shape index (κ1) is 19.7. The number of carbonyl (C=O) groups is 1. The molecule has 0 spiro atoms. The fourth-order valence-electron chi connectivity index (χ4n) is 6.76. The van der Waals surface area contributed by atoms with Crippen LogP contribution in [-0.4, -0.2) is 33.4 Å². The van der Waals surface area contributed by atoms with Gasteiger partial charge >= 0.3 is 5.97 Å². The number of carboxylic acid groups (broad SMARTS) is 1. The Morgan fingerprint density at radius 2 is 1.53 bits per heavy atom. The van der Waals surface area contributed by atoms with Crippen LogP contribution in [0.15, 0.2) is 36.5 Å². The summed E-state index contributed by atoms with van der Waals surface area (Å²) in [7, 11) is 0. The van der Waals surface area contributed by atoms with E-state index in [1.165, 1.54) is 29.9 Å². The van der Waals surface area contributed by atoms with Crippen molar-refractivity contribution in [2.24, 2.45) is 23.7 Å². The van der Waals surface area contributed by atoms with Crippen molar-refractivity contribution in [3.63, 3.8) is 0 Å². The van der Waals surface area contributed by atoms with E-state index in [2.05, 4.69) is 16.9 Å². The molecule has 0 amide bonds. The lowest BCUT2D eigenvalue weighted by Crippen LogP contribution is -2.38. The van der Waals surface area contributed by atoms with E-state index < -0.39 is 5.97 Å². The first-order valence-corrected chi connectivity index (χ1v) is 11.7. The van der Waals surface area contributed by atoms with Gasteiger partial charge in [0.2, 0.25) is 0 Å². The van der Waals surface area contributed by atoms with Crippen LogP contribution in [0.2, 0.25) is 0 Å². The zero-order valence-electron chi connectivity index (χ0n) is 17.9. The average Bonchev–Trinajstić information content (AvgIpc) is 3.34. The van der Waals surface area contributed by atoms with Gasteiger partial charge in [0.1, 0.15) is 11.4 Å². The van der Waals surface area contributed by atoms with Crippen LogP contribution in [0.1, 0.15) is 68.6 Å². The van der Waals surface area contributed by atoms with Gasteiger partial charge in [-0.1, -0.05) is 18.2 Å². The van der Waals surface area contributed by atoms with E-state index >= 15 is 0 Å². The molecule has 5 fully saturated rings. The van der Waals surface area contributed by atoms with Gasteiger partial charge in [0.25, 0.3) is 0 Å². The largest absolute Gasteiger partial charge is 0.477 e. The molecule has 4 bridgehead atoms. The summed E-state index contributed by atoms with van der Waals surface area (Å²) in [4.78, 5) is 13.6. The molecule has 0 radical (unpaired) electrons. The quantitative estimate of drug-likeness (QED) is 0.741. The molecule has 1 unspecified atom stereocenters. The predicted molar refractivity (Wildman–Crippen MR) is 118 cm³/mol. The van der Waals surface area contributed by atoms with Gasteiger partial charge in [0, 0.05) is 12.6 Å². The van der Waals surface area contributed by atoms with E-state index in [4.69, 9.17) is 0 Å². The van der Waals surface area contributed by atoms with Crippen LogP contribution in [0.25, 0.3) is 5.69 Å². The minimum absolute atomic E-state index is 0.266. The maximum atomic E-state index is 11.4. The van der Waals surface area contributed by atoms with Crippen LogP contribution < -0.4 is 4.90 Å². The van der Waals surface area contributed by atoms with Gasteiger partial charge in [-0.25, -0.2) is 9.48 Å². The molecule has 1 aromatic carbocycles. The number of rotatable bonds is 3. The first-order chi connectivity index (χ1) is 14.6. The third kappa shape index (κ3) is 3.75. The lowest BCUT2D eigenvalue weighted by Gasteiger charge is -2.49. The number of hydrogen-bond donors (Lipinski definition) is 1. The molecular formula is C25H33N3O2. The predicted octanol–water partition coefficient (Wildman–Crippen LogP) is 5.39. The molecule has 5 nitrogen and oxygen atoms in total. The molecule has 5 aliphatic rings. The normalized spacial score (nSPS) is 31.5. The highest BCUT2D eigenvalue weighted by Gasteiger charge is 2.41. The van der Waals surface area contributed by atoms with E-state index in [1.807, 2.05) is 30.3 Å². The zero-order chi connectivity index (χ0) is 20.7. The van der Waals surface area contributed by atoms with Gasteiger partial charge in [-0.15, -0.1) is 0 Å². The summed E-state index contributed by atoms with van der Waals surface area (Å²) >= 11 is 0.